The van der Waals surface area contributed by atoms with Gasteiger partial charge in [-0.2, -0.15) is 0 Å². The molecule has 1 fully saturated rings. The van der Waals surface area contributed by atoms with Gasteiger partial charge in [0, 0.05) is 13.1 Å². The highest BCUT2D eigenvalue weighted by Crippen LogP contribution is 2.23. The second-order valence-electron chi connectivity index (χ2n) is 3.71. The Morgan fingerprint density at radius 1 is 1.07 bits per heavy atom. The number of phenolic OH excluding ortho intramolecular Hbond substituents is 1. The number of likely N-dealkylation sites (tertiary alicyclic amines) is 1. The Kier molecular flexibility index (Phi) is 2.70. The first kappa shape index (κ1) is 9.49. The monoisotopic (exact) mass is 193 g/mol. The van der Waals surface area contributed by atoms with E-state index >= 15 is 0 Å². The fraction of sp³-hybridized carbons (Fsp3) is 0.455. The van der Waals surface area contributed by atoms with Gasteiger partial charge < -0.3 is 10.2 Å². The van der Waals surface area contributed by atoms with Crippen molar-refractivity contribution in [1.82, 2.24) is 4.90 Å². The van der Waals surface area contributed by atoms with Crippen molar-refractivity contribution in [3.05, 3.63) is 29.8 Å². The Hall–Kier alpha value is -1.06. The molecule has 0 saturated carbocycles. The van der Waals surface area contributed by atoms with Crippen molar-refractivity contribution >= 4 is 0 Å². The van der Waals surface area contributed by atoms with Gasteiger partial charge in [-0.3, -0.25) is 4.90 Å². The summed E-state index contributed by atoms with van der Waals surface area (Å²) in [4.78, 5) is 2.05. The maximum Gasteiger partial charge on any atom is 0.133 e. The molecule has 1 unspecified atom stereocenters. The van der Waals surface area contributed by atoms with Crippen molar-refractivity contribution in [3.8, 4) is 5.75 Å². The van der Waals surface area contributed by atoms with Gasteiger partial charge in [0.1, 0.15) is 12.0 Å². The molecule has 1 saturated heterocycles. The van der Waals surface area contributed by atoms with E-state index in [9.17, 15) is 5.11 Å². The molecule has 0 radical (unpaired) electrons. The van der Waals surface area contributed by atoms with Gasteiger partial charge in [0.15, 0.2) is 0 Å². The first-order valence-corrected chi connectivity index (χ1v) is 4.98. The number of aliphatic hydroxyl groups is 1. The summed E-state index contributed by atoms with van der Waals surface area (Å²) in [5.74, 6) is 0.238. The highest BCUT2D eigenvalue weighted by Gasteiger charge is 2.20. The molecule has 0 spiro atoms. The lowest BCUT2D eigenvalue weighted by Gasteiger charge is -2.22. The first-order valence-electron chi connectivity index (χ1n) is 4.98. The van der Waals surface area contributed by atoms with Crippen molar-refractivity contribution < 1.29 is 10.2 Å². The lowest BCUT2D eigenvalue weighted by atomic mass is 10.2. The molecule has 76 valence electrons. The molecule has 0 amide bonds. The molecule has 0 bridgehead atoms. The lowest BCUT2D eigenvalue weighted by molar-refractivity contribution is 0.0190. The number of aromatic hydroxyl groups is 1. The van der Waals surface area contributed by atoms with Crippen molar-refractivity contribution in [2.45, 2.75) is 19.1 Å². The quantitative estimate of drug-likeness (QED) is 0.747. The van der Waals surface area contributed by atoms with E-state index in [1.165, 1.54) is 0 Å². The molecule has 1 atom stereocenters. The van der Waals surface area contributed by atoms with Crippen LogP contribution in [0.1, 0.15) is 24.6 Å². The molecule has 1 aromatic carbocycles. The summed E-state index contributed by atoms with van der Waals surface area (Å²) in [5.41, 5.74) is 0.852. The molecule has 1 aliphatic rings. The van der Waals surface area contributed by atoms with Gasteiger partial charge in [0.05, 0.1) is 0 Å². The second-order valence-corrected chi connectivity index (χ2v) is 3.71. The van der Waals surface area contributed by atoms with E-state index in [1.54, 1.807) is 24.3 Å². The molecule has 2 N–H and O–H groups in total. The van der Waals surface area contributed by atoms with Crippen molar-refractivity contribution in [2.75, 3.05) is 13.1 Å². The molecule has 3 heteroatoms. The van der Waals surface area contributed by atoms with Crippen LogP contribution in [0.15, 0.2) is 24.3 Å². The van der Waals surface area contributed by atoms with Crippen LogP contribution in [-0.2, 0) is 0 Å². The van der Waals surface area contributed by atoms with Crippen molar-refractivity contribution in [3.63, 3.8) is 0 Å². The predicted octanol–water partition coefficient (Wildman–Crippen LogP) is 1.48. The summed E-state index contributed by atoms with van der Waals surface area (Å²) >= 11 is 0. The smallest absolute Gasteiger partial charge is 0.133 e. The second kappa shape index (κ2) is 3.98. The Morgan fingerprint density at radius 2 is 1.64 bits per heavy atom. The maximum absolute atomic E-state index is 9.96. The van der Waals surface area contributed by atoms with Crippen molar-refractivity contribution in [1.29, 1.82) is 0 Å². The molecule has 3 nitrogen and oxygen atoms in total. The minimum atomic E-state index is -0.516. The molecule has 2 rings (SSSR count). The van der Waals surface area contributed by atoms with Gasteiger partial charge in [-0.15, -0.1) is 0 Å². The van der Waals surface area contributed by atoms with E-state index in [0.717, 1.165) is 31.5 Å². The standard InChI is InChI=1S/C11H15NO2/c13-10-5-3-9(4-6-10)11(14)12-7-1-2-8-12/h3-6,11,13-14H,1-2,7-8H2. The normalized spacial score (nSPS) is 19.8. The predicted molar refractivity (Wildman–Crippen MR) is 53.9 cm³/mol. The Morgan fingerprint density at radius 3 is 2.21 bits per heavy atom. The number of hydrogen-bond donors (Lipinski definition) is 2. The van der Waals surface area contributed by atoms with E-state index in [4.69, 9.17) is 5.11 Å². The maximum atomic E-state index is 9.96. The van der Waals surface area contributed by atoms with Crippen LogP contribution in [0.2, 0.25) is 0 Å². The molecular weight excluding hydrogens is 178 g/mol. The third kappa shape index (κ3) is 1.89. The number of hydrogen-bond acceptors (Lipinski definition) is 3. The molecule has 1 heterocycles. The SMILES string of the molecule is Oc1ccc(C(O)N2CCCC2)cc1. The molecule has 1 aliphatic heterocycles. The van der Waals surface area contributed by atoms with Gasteiger partial charge in [-0.25, -0.2) is 0 Å². The minimum absolute atomic E-state index is 0.238. The van der Waals surface area contributed by atoms with Crippen LogP contribution in [0.25, 0.3) is 0 Å². The van der Waals surface area contributed by atoms with E-state index in [-0.39, 0.29) is 5.75 Å². The molecule has 0 aliphatic carbocycles. The van der Waals surface area contributed by atoms with Gasteiger partial charge >= 0.3 is 0 Å². The Balaban J connectivity index is 2.09. The van der Waals surface area contributed by atoms with E-state index in [0.29, 0.717) is 0 Å². The highest BCUT2D eigenvalue weighted by atomic mass is 16.3. The Labute approximate surface area is 83.6 Å². The zero-order chi connectivity index (χ0) is 9.97. The molecule has 14 heavy (non-hydrogen) atoms. The van der Waals surface area contributed by atoms with Crippen LogP contribution in [0.3, 0.4) is 0 Å². The summed E-state index contributed by atoms with van der Waals surface area (Å²) in [6.45, 7) is 1.92. The minimum Gasteiger partial charge on any atom is -0.508 e. The summed E-state index contributed by atoms with van der Waals surface area (Å²) in [5, 5.41) is 19.1. The summed E-state index contributed by atoms with van der Waals surface area (Å²) in [6, 6.07) is 6.74. The van der Waals surface area contributed by atoms with Crippen LogP contribution < -0.4 is 0 Å². The number of rotatable bonds is 2. The zero-order valence-corrected chi connectivity index (χ0v) is 8.06. The fourth-order valence-corrected chi connectivity index (χ4v) is 1.84. The van der Waals surface area contributed by atoms with Gasteiger partial charge in [-0.05, 0) is 30.5 Å². The van der Waals surface area contributed by atoms with E-state index in [1.807, 2.05) is 4.90 Å². The summed E-state index contributed by atoms with van der Waals surface area (Å²) in [6.07, 6.45) is 1.81. The van der Waals surface area contributed by atoms with Gasteiger partial charge in [0.2, 0.25) is 0 Å². The number of nitrogens with zero attached hydrogens (tertiary/aromatic N) is 1. The zero-order valence-electron chi connectivity index (χ0n) is 8.06. The topological polar surface area (TPSA) is 43.7 Å². The number of aliphatic hydroxyl groups excluding tert-OH is 1. The highest BCUT2D eigenvalue weighted by molar-refractivity contribution is 5.27. The number of phenols is 1. The summed E-state index contributed by atoms with van der Waals surface area (Å²) < 4.78 is 0. The average Bonchev–Trinajstić information content (AvgIpc) is 2.71. The summed E-state index contributed by atoms with van der Waals surface area (Å²) in [7, 11) is 0. The molecule has 1 aromatic rings. The lowest BCUT2D eigenvalue weighted by Crippen LogP contribution is -2.25. The van der Waals surface area contributed by atoms with E-state index in [2.05, 4.69) is 0 Å². The third-order valence-corrected chi connectivity index (χ3v) is 2.68. The van der Waals surface area contributed by atoms with Gasteiger partial charge in [0.25, 0.3) is 0 Å². The molecule has 0 aromatic heterocycles. The van der Waals surface area contributed by atoms with Crippen LogP contribution >= 0.6 is 0 Å². The third-order valence-electron chi connectivity index (χ3n) is 2.68. The van der Waals surface area contributed by atoms with Crippen LogP contribution in [0, 0.1) is 0 Å². The average molecular weight is 193 g/mol. The van der Waals surface area contributed by atoms with Crippen LogP contribution in [0.4, 0.5) is 0 Å². The fourth-order valence-electron chi connectivity index (χ4n) is 1.84. The number of benzene rings is 1. The van der Waals surface area contributed by atoms with Crippen LogP contribution in [0.5, 0.6) is 5.75 Å². The molecular formula is C11H15NO2. The van der Waals surface area contributed by atoms with Crippen molar-refractivity contribution in [2.24, 2.45) is 0 Å². The van der Waals surface area contributed by atoms with Gasteiger partial charge in [-0.1, -0.05) is 12.1 Å². The first-order chi connectivity index (χ1) is 6.77. The largest absolute Gasteiger partial charge is 0.508 e. The van der Waals surface area contributed by atoms with E-state index < -0.39 is 6.23 Å². The Bertz CT molecular complexity index is 291. The van der Waals surface area contributed by atoms with Crippen LogP contribution in [-0.4, -0.2) is 28.2 Å².